The van der Waals surface area contributed by atoms with Gasteiger partial charge in [-0.1, -0.05) is 188 Å². The minimum atomic E-state index is -0.549. The molecule has 11 rings (SSSR count). The lowest BCUT2D eigenvalue weighted by atomic mass is 9.97. The molecule has 0 atom stereocenters. The topological polar surface area (TPSA) is 8.17 Å². The molecule has 0 aliphatic heterocycles. The van der Waals surface area contributed by atoms with E-state index in [4.69, 9.17) is 13.7 Å². The molecule has 1 heterocycles. The van der Waals surface area contributed by atoms with Gasteiger partial charge >= 0.3 is 0 Å². The largest absolute Gasteiger partial charge is 0.310 e. The van der Waals surface area contributed by atoms with Crippen LogP contribution in [-0.4, -0.2) is 4.57 Å². The minimum Gasteiger partial charge on any atom is -0.310 e. The molecule has 10 aromatic carbocycles. The van der Waals surface area contributed by atoms with Gasteiger partial charge in [0.1, 0.15) is 0 Å². The minimum absolute atomic E-state index is 0.0951. The molecule has 0 spiro atoms. The number of aromatic nitrogens is 1. The van der Waals surface area contributed by atoms with Crippen LogP contribution in [0.4, 0.5) is 17.1 Å². The molecule has 0 N–H and O–H groups in total. The molecule has 11 aromatic rings. The van der Waals surface area contributed by atoms with Crippen molar-refractivity contribution in [1.82, 2.24) is 4.57 Å². The predicted octanol–water partition coefficient (Wildman–Crippen LogP) is 16.1. The molecule has 0 saturated heterocycles. The molecule has 60 heavy (non-hydrogen) atoms. The molecular weight excluding hydrogens is 725 g/mol. The second-order valence-corrected chi connectivity index (χ2v) is 14.6. The lowest BCUT2D eigenvalue weighted by molar-refractivity contribution is 1.19. The molecule has 0 amide bonds. The van der Waals surface area contributed by atoms with Crippen LogP contribution < -0.4 is 4.90 Å². The fourth-order valence-electron chi connectivity index (χ4n) is 8.40. The Bertz CT molecular complexity index is 3740. The van der Waals surface area contributed by atoms with E-state index in [0.717, 1.165) is 60.5 Å². The molecule has 0 fully saturated rings. The summed E-state index contributed by atoms with van der Waals surface area (Å²) in [7, 11) is 0. The summed E-state index contributed by atoms with van der Waals surface area (Å²) in [6.07, 6.45) is 0. The first kappa shape index (κ1) is 26.1. The van der Waals surface area contributed by atoms with Crippen LogP contribution in [0, 0.1) is 0 Å². The van der Waals surface area contributed by atoms with Crippen LogP contribution in [0.25, 0.3) is 82.8 Å². The summed E-state index contributed by atoms with van der Waals surface area (Å²) < 4.78 is 89.7. The summed E-state index contributed by atoms with van der Waals surface area (Å²) >= 11 is 0. The van der Waals surface area contributed by atoms with E-state index in [1.807, 2.05) is 95.9 Å². The van der Waals surface area contributed by atoms with Crippen LogP contribution in [0.3, 0.4) is 0 Å². The second-order valence-electron chi connectivity index (χ2n) is 14.6. The Morgan fingerprint density at radius 1 is 0.317 bits per heavy atom. The van der Waals surface area contributed by atoms with Gasteiger partial charge < -0.3 is 9.47 Å². The van der Waals surface area contributed by atoms with Crippen molar-refractivity contribution in [2.24, 2.45) is 0 Å². The molecule has 1 aromatic heterocycles. The predicted molar refractivity (Wildman–Crippen MR) is 255 cm³/mol. The Labute approximate surface area is 364 Å². The van der Waals surface area contributed by atoms with Crippen LogP contribution >= 0.6 is 0 Å². The number of hydrogen-bond acceptors (Lipinski definition) is 1. The van der Waals surface area contributed by atoms with Crippen molar-refractivity contribution in [2.45, 2.75) is 0 Å². The number of hydrogen-bond donors (Lipinski definition) is 0. The summed E-state index contributed by atoms with van der Waals surface area (Å²) in [6.45, 7) is 0. The smallest absolute Gasteiger partial charge is 0.0629 e. The molecule has 0 aliphatic rings. The normalized spacial score (nSPS) is 13.7. The molecular formula is C58H40N2. The number of rotatable bonds is 8. The summed E-state index contributed by atoms with van der Waals surface area (Å²) in [4.78, 5) is 1.99. The molecule has 0 aliphatic carbocycles. The highest BCUT2D eigenvalue weighted by molar-refractivity contribution is 6.12. The SMILES string of the molecule is [2H]c1c([2H])c([2H])c(-c2cc(-c3c([2H])c([2H])c([2H])c([2H])c3[2H])cc(N(c3ccc(-c4ccccc4)cc3)c3ccc4c5ccccc5n(-c5ccc(-c6ccccc6)c6ccccc56)c4c3)c2)c([2H])c1[2H]. The second kappa shape index (κ2) is 15.1. The number of benzene rings is 10. The molecule has 282 valence electrons. The van der Waals surface area contributed by atoms with Gasteiger partial charge in [-0.05, 0) is 104 Å². The van der Waals surface area contributed by atoms with E-state index < -0.39 is 60.4 Å². The van der Waals surface area contributed by atoms with Crippen LogP contribution in [0.15, 0.2) is 242 Å². The maximum Gasteiger partial charge on any atom is 0.0629 e. The first-order valence-corrected chi connectivity index (χ1v) is 19.8. The van der Waals surface area contributed by atoms with Gasteiger partial charge in [0.2, 0.25) is 0 Å². The monoisotopic (exact) mass is 774 g/mol. The number of nitrogens with zero attached hydrogens (tertiary/aromatic N) is 2. The average molecular weight is 775 g/mol. The van der Waals surface area contributed by atoms with Crippen molar-refractivity contribution in [3.05, 3.63) is 242 Å². The molecule has 0 radical (unpaired) electrons. The Kier molecular flexibility index (Phi) is 6.58. The van der Waals surface area contributed by atoms with Gasteiger partial charge in [0.05, 0.1) is 30.4 Å². The average Bonchev–Trinajstić information content (AvgIpc) is 3.72. The Morgan fingerprint density at radius 3 is 1.52 bits per heavy atom. The van der Waals surface area contributed by atoms with Gasteiger partial charge in [0.15, 0.2) is 0 Å². The van der Waals surface area contributed by atoms with Crippen molar-refractivity contribution in [1.29, 1.82) is 0 Å². The lowest BCUT2D eigenvalue weighted by Gasteiger charge is -2.27. The third kappa shape index (κ3) is 6.32. The standard InChI is InChI=1S/C58H40N2/c1-5-17-41(18-6-1)44-29-31-48(32-30-44)59(50-38-46(42-19-7-2-8-20-42)37-47(39-50)43-21-9-3-10-22-43)49-33-34-55-54-27-15-16-28-56(54)60(58(55)40-49)57-36-35-51(45-23-11-4-12-24-45)52-25-13-14-26-53(52)57/h1-40H/i2D,3D,7D,8D,9D,10D,19D,20D,21D,22D. The van der Waals surface area contributed by atoms with Crippen LogP contribution in [0.5, 0.6) is 0 Å². The maximum absolute atomic E-state index is 9.06. The number of fused-ring (bicyclic) bond motifs is 4. The van der Waals surface area contributed by atoms with Crippen molar-refractivity contribution in [3.63, 3.8) is 0 Å². The molecule has 0 bridgehead atoms. The summed E-state index contributed by atoms with van der Waals surface area (Å²) in [5.41, 5.74) is 9.12. The maximum atomic E-state index is 9.06. The van der Waals surface area contributed by atoms with Crippen molar-refractivity contribution < 1.29 is 13.7 Å². The molecule has 2 heteroatoms. The van der Waals surface area contributed by atoms with Gasteiger partial charge in [-0.15, -0.1) is 0 Å². The highest BCUT2D eigenvalue weighted by Crippen LogP contribution is 2.44. The van der Waals surface area contributed by atoms with Gasteiger partial charge in [0, 0.05) is 33.2 Å². The van der Waals surface area contributed by atoms with Gasteiger partial charge in [0.25, 0.3) is 0 Å². The summed E-state index contributed by atoms with van der Waals surface area (Å²) in [6, 6.07) is 55.6. The van der Waals surface area contributed by atoms with E-state index in [0.29, 0.717) is 17.1 Å². The summed E-state index contributed by atoms with van der Waals surface area (Å²) in [5, 5.41) is 4.20. The van der Waals surface area contributed by atoms with Crippen LogP contribution in [0.2, 0.25) is 0 Å². The van der Waals surface area contributed by atoms with E-state index >= 15 is 0 Å². The number of para-hydroxylation sites is 1. The summed E-state index contributed by atoms with van der Waals surface area (Å²) in [5.74, 6) is 0. The van der Waals surface area contributed by atoms with E-state index in [2.05, 4.69) is 77.4 Å². The molecule has 2 nitrogen and oxygen atoms in total. The van der Waals surface area contributed by atoms with E-state index in [1.54, 1.807) is 12.1 Å². The fourth-order valence-corrected chi connectivity index (χ4v) is 8.40. The van der Waals surface area contributed by atoms with Crippen molar-refractivity contribution >= 4 is 49.6 Å². The third-order valence-electron chi connectivity index (χ3n) is 11.1. The van der Waals surface area contributed by atoms with Gasteiger partial charge in [-0.25, -0.2) is 0 Å². The van der Waals surface area contributed by atoms with Gasteiger partial charge in [-0.3, -0.25) is 0 Å². The zero-order valence-corrected chi connectivity index (χ0v) is 32.2. The Morgan fingerprint density at radius 2 is 0.850 bits per heavy atom. The van der Waals surface area contributed by atoms with Crippen LogP contribution in [-0.2, 0) is 0 Å². The van der Waals surface area contributed by atoms with Crippen LogP contribution in [0.1, 0.15) is 13.7 Å². The zero-order valence-electron chi connectivity index (χ0n) is 42.2. The Balaban J connectivity index is 1.21. The highest BCUT2D eigenvalue weighted by Gasteiger charge is 2.21. The quantitative estimate of drug-likeness (QED) is 0.149. The van der Waals surface area contributed by atoms with Crippen molar-refractivity contribution in [2.75, 3.05) is 4.90 Å². The van der Waals surface area contributed by atoms with Gasteiger partial charge in [-0.2, -0.15) is 0 Å². The molecule has 0 unspecified atom stereocenters. The van der Waals surface area contributed by atoms with Crippen molar-refractivity contribution in [3.8, 4) is 50.2 Å². The van der Waals surface area contributed by atoms with E-state index in [1.165, 1.54) is 6.07 Å². The fraction of sp³-hybridized carbons (Fsp3) is 0. The highest BCUT2D eigenvalue weighted by atomic mass is 15.1. The Hall–Kier alpha value is -7.94. The first-order chi connectivity index (χ1) is 33.9. The number of anilines is 3. The zero-order chi connectivity index (χ0) is 48.5. The van der Waals surface area contributed by atoms with E-state index in [9.17, 15) is 0 Å². The first-order valence-electron chi connectivity index (χ1n) is 24.8. The molecule has 0 saturated carbocycles. The van der Waals surface area contributed by atoms with E-state index in [-0.39, 0.29) is 22.3 Å². The third-order valence-corrected chi connectivity index (χ3v) is 11.1. The lowest BCUT2D eigenvalue weighted by Crippen LogP contribution is -2.10.